The van der Waals surface area contributed by atoms with Gasteiger partial charge in [-0.2, -0.15) is 0 Å². The zero-order valence-corrected chi connectivity index (χ0v) is 17.9. The number of halogens is 3. The first-order valence-electron chi connectivity index (χ1n) is 8.47. The van der Waals surface area contributed by atoms with Gasteiger partial charge in [-0.3, -0.25) is 14.5 Å². The highest BCUT2D eigenvalue weighted by Crippen LogP contribution is 2.39. The molecule has 9 heteroatoms. The van der Waals surface area contributed by atoms with Gasteiger partial charge in [0.15, 0.2) is 11.5 Å². The Hall–Kier alpha value is -2.66. The standard InChI is InChI=1S/C21H14Cl2FNO4S/c1-3-6-29-19-16(23)7-12(8-17(19)28-2)9-18-20(26)25(21(27)30-18)11-13-4-5-14(24)10-15(13)22/h1,4-5,7-10H,6,11H2,2H3/b18-9-. The van der Waals surface area contributed by atoms with E-state index in [1.54, 1.807) is 12.1 Å². The average Bonchev–Trinajstić information content (AvgIpc) is 2.96. The second-order valence-electron chi connectivity index (χ2n) is 6.03. The van der Waals surface area contributed by atoms with Crippen LogP contribution in [0.4, 0.5) is 9.18 Å². The molecule has 1 heterocycles. The van der Waals surface area contributed by atoms with Crippen LogP contribution in [0.5, 0.6) is 11.5 Å². The Morgan fingerprint density at radius 2 is 2.00 bits per heavy atom. The Bertz CT molecular complexity index is 1100. The molecule has 0 unspecified atom stereocenters. The minimum absolute atomic E-state index is 0.0141. The van der Waals surface area contributed by atoms with E-state index in [2.05, 4.69) is 5.92 Å². The van der Waals surface area contributed by atoms with E-state index in [0.717, 1.165) is 22.7 Å². The van der Waals surface area contributed by atoms with Crippen LogP contribution in [0.2, 0.25) is 10.0 Å². The van der Waals surface area contributed by atoms with Crippen molar-refractivity contribution in [1.29, 1.82) is 0 Å². The van der Waals surface area contributed by atoms with Gasteiger partial charge < -0.3 is 9.47 Å². The quantitative estimate of drug-likeness (QED) is 0.422. The summed E-state index contributed by atoms with van der Waals surface area (Å²) in [5.74, 6) is 1.97. The highest BCUT2D eigenvalue weighted by atomic mass is 35.5. The molecule has 0 saturated carbocycles. The molecule has 0 N–H and O–H groups in total. The minimum atomic E-state index is -0.502. The van der Waals surface area contributed by atoms with Crippen LogP contribution in [0, 0.1) is 18.2 Å². The predicted octanol–water partition coefficient (Wildman–Crippen LogP) is 5.39. The van der Waals surface area contributed by atoms with Gasteiger partial charge in [0.2, 0.25) is 0 Å². The normalized spacial score (nSPS) is 14.9. The molecule has 0 aliphatic carbocycles. The van der Waals surface area contributed by atoms with Gasteiger partial charge in [-0.25, -0.2) is 4.39 Å². The van der Waals surface area contributed by atoms with Crippen molar-refractivity contribution in [3.63, 3.8) is 0 Å². The van der Waals surface area contributed by atoms with E-state index in [4.69, 9.17) is 39.1 Å². The molecule has 0 aromatic heterocycles. The number of hydrogen-bond donors (Lipinski definition) is 0. The van der Waals surface area contributed by atoms with Crippen LogP contribution < -0.4 is 9.47 Å². The number of nitrogens with zero attached hydrogens (tertiary/aromatic N) is 1. The van der Waals surface area contributed by atoms with Gasteiger partial charge in [0.05, 0.1) is 23.6 Å². The lowest BCUT2D eigenvalue weighted by atomic mass is 10.1. The van der Waals surface area contributed by atoms with E-state index < -0.39 is 17.0 Å². The molecule has 30 heavy (non-hydrogen) atoms. The average molecular weight is 466 g/mol. The van der Waals surface area contributed by atoms with Gasteiger partial charge in [-0.1, -0.05) is 35.2 Å². The number of thioether (sulfide) groups is 1. The molecule has 0 spiro atoms. The number of methoxy groups -OCH3 is 1. The maximum absolute atomic E-state index is 13.2. The van der Waals surface area contributed by atoms with Crippen LogP contribution in [-0.2, 0) is 11.3 Å². The lowest BCUT2D eigenvalue weighted by molar-refractivity contribution is -0.123. The summed E-state index contributed by atoms with van der Waals surface area (Å²) in [6, 6.07) is 6.96. The molecular formula is C21H14Cl2FNO4S. The number of benzene rings is 2. The summed E-state index contributed by atoms with van der Waals surface area (Å²) in [6.07, 6.45) is 6.72. The summed E-state index contributed by atoms with van der Waals surface area (Å²) in [7, 11) is 1.44. The van der Waals surface area contributed by atoms with Gasteiger partial charge >= 0.3 is 0 Å². The fourth-order valence-corrected chi connectivity index (χ4v) is 4.02. The Balaban J connectivity index is 1.86. The van der Waals surface area contributed by atoms with Crippen LogP contribution in [-0.4, -0.2) is 29.8 Å². The third kappa shape index (κ3) is 4.73. The van der Waals surface area contributed by atoms with Gasteiger partial charge in [0, 0.05) is 5.02 Å². The Kier molecular flexibility index (Phi) is 6.93. The summed E-state index contributed by atoms with van der Waals surface area (Å²) >= 11 is 13.0. The molecule has 154 valence electrons. The molecule has 1 aliphatic heterocycles. The summed E-state index contributed by atoms with van der Waals surface area (Å²) in [5, 5.41) is -0.0797. The van der Waals surface area contributed by atoms with Crippen LogP contribution in [0.3, 0.4) is 0 Å². The largest absolute Gasteiger partial charge is 0.493 e. The topological polar surface area (TPSA) is 55.8 Å². The van der Waals surface area contributed by atoms with Gasteiger partial charge in [0.1, 0.15) is 12.4 Å². The van der Waals surface area contributed by atoms with Crippen molar-refractivity contribution in [3.05, 3.63) is 62.2 Å². The zero-order valence-electron chi connectivity index (χ0n) is 15.6. The first-order chi connectivity index (χ1) is 14.3. The van der Waals surface area contributed by atoms with Gasteiger partial charge in [0.25, 0.3) is 11.1 Å². The first kappa shape index (κ1) is 22.0. The minimum Gasteiger partial charge on any atom is -0.493 e. The van der Waals surface area contributed by atoms with E-state index in [1.807, 2.05) is 0 Å². The second kappa shape index (κ2) is 9.43. The molecule has 1 fully saturated rings. The van der Waals surface area contributed by atoms with Gasteiger partial charge in [-0.15, -0.1) is 6.42 Å². The number of amides is 2. The Morgan fingerprint density at radius 1 is 1.23 bits per heavy atom. The zero-order chi connectivity index (χ0) is 21.8. The molecule has 1 saturated heterocycles. The number of rotatable bonds is 6. The molecule has 5 nitrogen and oxygen atoms in total. The molecule has 2 aromatic carbocycles. The number of ether oxygens (including phenoxy) is 2. The molecule has 2 amide bonds. The molecule has 1 aliphatic rings. The van der Waals surface area contributed by atoms with Gasteiger partial charge in [-0.05, 0) is 53.2 Å². The first-order valence-corrected chi connectivity index (χ1v) is 10.0. The fraction of sp³-hybridized carbons (Fsp3) is 0.143. The number of hydrogen-bond acceptors (Lipinski definition) is 5. The van der Waals surface area contributed by atoms with Crippen molar-refractivity contribution in [2.45, 2.75) is 6.54 Å². The van der Waals surface area contributed by atoms with E-state index in [9.17, 15) is 14.0 Å². The number of carbonyl (C=O) groups is 2. The number of carbonyl (C=O) groups excluding carboxylic acids is 2. The summed E-state index contributed by atoms with van der Waals surface area (Å²) in [4.78, 5) is 26.3. The van der Waals surface area contributed by atoms with E-state index in [-0.39, 0.29) is 33.9 Å². The third-order valence-corrected chi connectivity index (χ3v) is 5.61. The SMILES string of the molecule is C#CCOc1c(Cl)cc(/C=C2\SC(=O)N(Cc3ccc(F)cc3Cl)C2=O)cc1OC. The maximum Gasteiger partial charge on any atom is 0.293 e. The molecule has 0 bridgehead atoms. The van der Waals surface area contributed by atoms with Crippen LogP contribution >= 0.6 is 35.0 Å². The summed E-state index contributed by atoms with van der Waals surface area (Å²) < 4.78 is 23.9. The smallest absolute Gasteiger partial charge is 0.293 e. The van der Waals surface area contributed by atoms with Crippen molar-refractivity contribution in [1.82, 2.24) is 4.90 Å². The van der Waals surface area contributed by atoms with E-state index in [0.29, 0.717) is 16.9 Å². The maximum atomic E-state index is 13.2. The van der Waals surface area contributed by atoms with Crippen LogP contribution in [0.25, 0.3) is 6.08 Å². The molecule has 0 atom stereocenters. The van der Waals surface area contributed by atoms with E-state index in [1.165, 1.54) is 25.3 Å². The fourth-order valence-electron chi connectivity index (χ4n) is 2.68. The number of imide groups is 1. The van der Waals surface area contributed by atoms with Crippen molar-refractivity contribution in [3.8, 4) is 23.8 Å². The Morgan fingerprint density at radius 3 is 2.67 bits per heavy atom. The van der Waals surface area contributed by atoms with E-state index >= 15 is 0 Å². The van der Waals surface area contributed by atoms with Crippen molar-refractivity contribution in [2.24, 2.45) is 0 Å². The monoisotopic (exact) mass is 465 g/mol. The molecule has 2 aromatic rings. The van der Waals surface area contributed by atoms with Crippen LogP contribution in [0.15, 0.2) is 35.2 Å². The lowest BCUT2D eigenvalue weighted by Gasteiger charge is -2.13. The Labute approximate surface area is 186 Å². The van der Waals surface area contributed by atoms with Crippen LogP contribution in [0.1, 0.15) is 11.1 Å². The molecule has 3 rings (SSSR count). The third-order valence-electron chi connectivity index (χ3n) is 4.07. The summed E-state index contributed by atoms with van der Waals surface area (Å²) in [5.41, 5.74) is 0.997. The summed E-state index contributed by atoms with van der Waals surface area (Å²) in [6.45, 7) is -0.0513. The molecular weight excluding hydrogens is 452 g/mol. The van der Waals surface area contributed by atoms with Crippen molar-refractivity contribution >= 4 is 52.2 Å². The lowest BCUT2D eigenvalue weighted by Crippen LogP contribution is -2.27. The molecule has 0 radical (unpaired) electrons. The van der Waals surface area contributed by atoms with Crippen molar-refractivity contribution in [2.75, 3.05) is 13.7 Å². The highest BCUT2D eigenvalue weighted by molar-refractivity contribution is 8.18. The number of terminal acetylenes is 1. The highest BCUT2D eigenvalue weighted by Gasteiger charge is 2.35. The second-order valence-corrected chi connectivity index (χ2v) is 7.84. The van der Waals surface area contributed by atoms with Crippen molar-refractivity contribution < 1.29 is 23.5 Å². The predicted molar refractivity (Wildman–Crippen MR) is 115 cm³/mol.